The summed E-state index contributed by atoms with van der Waals surface area (Å²) in [6.07, 6.45) is 3.76. The SMILES string of the molecule is Cc1ccccc1N1C=c2c(C)cccc2=NC1CSc1ncn[nH]1. The Morgan fingerprint density at radius 2 is 1.92 bits per heavy atom. The molecule has 2 aromatic carbocycles. The Morgan fingerprint density at radius 3 is 2.72 bits per heavy atom. The highest BCUT2D eigenvalue weighted by atomic mass is 32.2. The van der Waals surface area contributed by atoms with Gasteiger partial charge in [0.1, 0.15) is 12.5 Å². The average molecular weight is 349 g/mol. The molecule has 1 aliphatic rings. The lowest BCUT2D eigenvalue weighted by molar-refractivity contribution is 0.735. The number of nitrogens with zero attached hydrogens (tertiary/aromatic N) is 4. The number of nitrogens with one attached hydrogen (secondary N) is 1. The maximum absolute atomic E-state index is 5.02. The number of aryl methyl sites for hydroxylation is 2. The number of thioether (sulfide) groups is 1. The number of H-pyrrole nitrogens is 1. The summed E-state index contributed by atoms with van der Waals surface area (Å²) < 4.78 is 0. The maximum Gasteiger partial charge on any atom is 0.183 e. The van der Waals surface area contributed by atoms with E-state index in [0.717, 1.165) is 16.3 Å². The zero-order chi connectivity index (χ0) is 17.2. The van der Waals surface area contributed by atoms with Crippen LogP contribution in [0.4, 0.5) is 5.69 Å². The lowest BCUT2D eigenvalue weighted by Gasteiger charge is -2.31. The number of hydrogen-bond acceptors (Lipinski definition) is 5. The third-order valence-corrected chi connectivity index (χ3v) is 5.27. The summed E-state index contributed by atoms with van der Waals surface area (Å²) >= 11 is 1.63. The van der Waals surface area contributed by atoms with Crippen LogP contribution in [0.2, 0.25) is 0 Å². The molecule has 126 valence electrons. The summed E-state index contributed by atoms with van der Waals surface area (Å²) in [6, 6.07) is 14.7. The molecule has 0 bridgehead atoms. The molecule has 1 aliphatic heterocycles. The molecule has 5 nitrogen and oxygen atoms in total. The van der Waals surface area contributed by atoms with E-state index in [-0.39, 0.29) is 6.17 Å². The van der Waals surface area contributed by atoms with Crippen molar-refractivity contribution in [2.24, 2.45) is 4.99 Å². The van der Waals surface area contributed by atoms with Gasteiger partial charge in [0.25, 0.3) is 0 Å². The molecule has 25 heavy (non-hydrogen) atoms. The van der Waals surface area contributed by atoms with Crippen molar-refractivity contribution < 1.29 is 0 Å². The van der Waals surface area contributed by atoms with Crippen LogP contribution in [0.5, 0.6) is 0 Å². The molecule has 0 fully saturated rings. The summed E-state index contributed by atoms with van der Waals surface area (Å²) in [4.78, 5) is 11.5. The largest absolute Gasteiger partial charge is 0.324 e. The van der Waals surface area contributed by atoms with Crippen molar-refractivity contribution in [3.05, 3.63) is 70.5 Å². The van der Waals surface area contributed by atoms with Crippen LogP contribution in [0, 0.1) is 13.8 Å². The van der Waals surface area contributed by atoms with Gasteiger partial charge in [-0.25, -0.2) is 4.98 Å². The number of benzene rings is 2. The van der Waals surface area contributed by atoms with Crippen LogP contribution in [-0.4, -0.2) is 27.1 Å². The number of rotatable bonds is 4. The van der Waals surface area contributed by atoms with Gasteiger partial charge in [-0.1, -0.05) is 42.1 Å². The number of para-hydroxylation sites is 1. The van der Waals surface area contributed by atoms with Crippen LogP contribution in [0.25, 0.3) is 6.20 Å². The first-order valence-electron chi connectivity index (χ1n) is 8.20. The zero-order valence-electron chi connectivity index (χ0n) is 14.2. The molecule has 0 radical (unpaired) electrons. The first kappa shape index (κ1) is 15.9. The minimum atomic E-state index is 0.00509. The first-order chi connectivity index (χ1) is 12.2. The lowest BCUT2D eigenvalue weighted by Crippen LogP contribution is -2.44. The molecular formula is C19H19N5S. The molecule has 0 aliphatic carbocycles. The van der Waals surface area contributed by atoms with Crippen LogP contribution in [-0.2, 0) is 0 Å². The van der Waals surface area contributed by atoms with Gasteiger partial charge in [0.2, 0.25) is 0 Å². The Balaban J connectivity index is 1.77. The molecule has 4 rings (SSSR count). The molecule has 1 aromatic heterocycles. The fourth-order valence-corrected chi connectivity index (χ4v) is 3.79. The van der Waals surface area contributed by atoms with E-state index < -0.39 is 0 Å². The second kappa shape index (κ2) is 6.72. The van der Waals surface area contributed by atoms with Crippen LogP contribution < -0.4 is 15.5 Å². The Kier molecular flexibility index (Phi) is 4.28. The number of aromatic amines is 1. The van der Waals surface area contributed by atoms with E-state index in [1.807, 2.05) is 0 Å². The second-order valence-electron chi connectivity index (χ2n) is 6.04. The van der Waals surface area contributed by atoms with E-state index in [1.54, 1.807) is 11.8 Å². The molecular weight excluding hydrogens is 330 g/mol. The number of aromatic nitrogens is 3. The Morgan fingerprint density at radius 1 is 1.08 bits per heavy atom. The quantitative estimate of drug-likeness (QED) is 0.735. The first-order valence-corrected chi connectivity index (χ1v) is 9.18. The Hall–Kier alpha value is -2.60. The number of hydrogen-bond donors (Lipinski definition) is 1. The number of fused-ring (bicyclic) bond motifs is 1. The molecule has 0 saturated heterocycles. The van der Waals surface area contributed by atoms with E-state index in [4.69, 9.17) is 4.99 Å². The van der Waals surface area contributed by atoms with Crippen LogP contribution >= 0.6 is 11.8 Å². The van der Waals surface area contributed by atoms with Gasteiger partial charge in [0, 0.05) is 22.9 Å². The van der Waals surface area contributed by atoms with Gasteiger partial charge in [-0.05, 0) is 37.1 Å². The fraction of sp³-hybridized carbons (Fsp3) is 0.211. The smallest absolute Gasteiger partial charge is 0.183 e. The molecule has 6 heteroatoms. The molecule has 3 aromatic rings. The highest BCUT2D eigenvalue weighted by Crippen LogP contribution is 2.26. The lowest BCUT2D eigenvalue weighted by atomic mass is 10.1. The second-order valence-corrected chi connectivity index (χ2v) is 7.05. The van der Waals surface area contributed by atoms with E-state index in [0.29, 0.717) is 0 Å². The molecule has 1 N–H and O–H groups in total. The molecule has 1 unspecified atom stereocenters. The van der Waals surface area contributed by atoms with Gasteiger partial charge in [-0.2, -0.15) is 5.10 Å². The predicted molar refractivity (Wildman–Crippen MR) is 101 cm³/mol. The van der Waals surface area contributed by atoms with Crippen LogP contribution in [0.1, 0.15) is 11.1 Å². The third-order valence-electron chi connectivity index (χ3n) is 4.33. The van der Waals surface area contributed by atoms with Crippen molar-refractivity contribution in [1.82, 2.24) is 15.2 Å². The van der Waals surface area contributed by atoms with Crippen molar-refractivity contribution in [1.29, 1.82) is 0 Å². The van der Waals surface area contributed by atoms with Crippen LogP contribution in [0.15, 0.2) is 58.9 Å². The summed E-state index contributed by atoms with van der Waals surface area (Å²) in [6.45, 7) is 4.27. The van der Waals surface area contributed by atoms with E-state index >= 15 is 0 Å². The topological polar surface area (TPSA) is 57.2 Å². The average Bonchev–Trinajstić information content (AvgIpc) is 3.14. The van der Waals surface area contributed by atoms with Crippen molar-refractivity contribution >= 4 is 23.6 Å². The van der Waals surface area contributed by atoms with E-state index in [1.165, 1.54) is 28.4 Å². The summed E-state index contributed by atoms with van der Waals surface area (Å²) in [5.74, 6) is 0.785. The monoisotopic (exact) mass is 349 g/mol. The van der Waals surface area contributed by atoms with Gasteiger partial charge < -0.3 is 4.90 Å². The summed E-state index contributed by atoms with van der Waals surface area (Å²) in [5, 5.41) is 9.87. The Bertz CT molecular complexity index is 997. The minimum absolute atomic E-state index is 0.00509. The normalized spacial score (nSPS) is 16.1. The van der Waals surface area contributed by atoms with E-state index in [2.05, 4.69) is 82.6 Å². The fourth-order valence-electron chi connectivity index (χ4n) is 3.01. The summed E-state index contributed by atoms with van der Waals surface area (Å²) in [7, 11) is 0. The van der Waals surface area contributed by atoms with Gasteiger partial charge in [0.05, 0.1) is 5.36 Å². The van der Waals surface area contributed by atoms with Crippen molar-refractivity contribution in [2.45, 2.75) is 25.2 Å². The van der Waals surface area contributed by atoms with Crippen LogP contribution in [0.3, 0.4) is 0 Å². The highest BCUT2D eigenvalue weighted by molar-refractivity contribution is 7.99. The maximum atomic E-state index is 5.02. The van der Waals surface area contributed by atoms with E-state index in [9.17, 15) is 0 Å². The molecule has 0 amide bonds. The van der Waals surface area contributed by atoms with Gasteiger partial charge in [-0.3, -0.25) is 10.1 Å². The summed E-state index contributed by atoms with van der Waals surface area (Å²) in [5.41, 5.74) is 3.66. The number of anilines is 1. The zero-order valence-corrected chi connectivity index (χ0v) is 15.0. The molecule has 1 atom stereocenters. The van der Waals surface area contributed by atoms with Crippen molar-refractivity contribution in [3.8, 4) is 0 Å². The van der Waals surface area contributed by atoms with Crippen molar-refractivity contribution in [3.63, 3.8) is 0 Å². The molecule has 0 spiro atoms. The van der Waals surface area contributed by atoms with Gasteiger partial charge in [0.15, 0.2) is 5.16 Å². The minimum Gasteiger partial charge on any atom is -0.324 e. The standard InChI is InChI=1S/C19H19N5S/c1-13-7-5-8-16-15(13)10-24(17-9-4-3-6-14(17)2)18(22-16)11-25-19-20-12-21-23-19/h3-10,12,18H,11H2,1-2H3,(H,20,21,23). The predicted octanol–water partition coefficient (Wildman–Crippen LogP) is 2.42. The molecule has 0 saturated carbocycles. The molecule has 2 heterocycles. The highest BCUT2D eigenvalue weighted by Gasteiger charge is 2.21. The van der Waals surface area contributed by atoms with Gasteiger partial charge >= 0.3 is 0 Å². The third kappa shape index (κ3) is 3.17. The van der Waals surface area contributed by atoms with Gasteiger partial charge in [-0.15, -0.1) is 0 Å². The Labute approximate surface area is 150 Å². The van der Waals surface area contributed by atoms with Crippen molar-refractivity contribution in [2.75, 3.05) is 10.7 Å².